The molecule has 1 fully saturated rings. The largest absolute Gasteiger partial charge is 0.497 e. The molecule has 1 N–H and O–H groups in total. The van der Waals surface area contributed by atoms with E-state index in [0.717, 1.165) is 0 Å². The van der Waals surface area contributed by atoms with E-state index in [-0.39, 0.29) is 30.5 Å². The highest BCUT2D eigenvalue weighted by Crippen LogP contribution is 2.28. The molecule has 26 heavy (non-hydrogen) atoms. The number of benzene rings is 2. The van der Waals surface area contributed by atoms with E-state index in [2.05, 4.69) is 5.32 Å². The van der Waals surface area contributed by atoms with Crippen LogP contribution in [0.15, 0.2) is 48.5 Å². The van der Waals surface area contributed by atoms with Crippen molar-refractivity contribution in [3.05, 3.63) is 58.6 Å². The fraction of sp³-hybridized carbons (Fsp3) is 0.222. The summed E-state index contributed by atoms with van der Waals surface area (Å²) in [6.07, 6.45) is 0.0813. The standard InChI is InChI=1S/C18H17N3O5/c1-26-16-7-3-5-14(10-16)20-11-12(8-17(20)22)18(23)19-13-4-2-6-15(9-13)21(24)25/h2-7,9-10,12H,8,11H2,1H3,(H,19,23). The third-order valence-corrected chi connectivity index (χ3v) is 4.19. The van der Waals surface area contributed by atoms with Crippen LogP contribution in [0.2, 0.25) is 0 Å². The van der Waals surface area contributed by atoms with E-state index in [0.29, 0.717) is 17.1 Å². The highest BCUT2D eigenvalue weighted by Gasteiger charge is 2.35. The summed E-state index contributed by atoms with van der Waals surface area (Å²) in [6.45, 7) is 0.243. The second-order valence-corrected chi connectivity index (χ2v) is 5.90. The minimum absolute atomic E-state index is 0.0813. The number of carbonyl (C=O) groups is 2. The van der Waals surface area contributed by atoms with E-state index in [1.807, 2.05) is 0 Å². The lowest BCUT2D eigenvalue weighted by atomic mass is 10.1. The molecule has 1 unspecified atom stereocenters. The maximum absolute atomic E-state index is 12.5. The van der Waals surface area contributed by atoms with Crippen molar-refractivity contribution in [3.8, 4) is 5.75 Å². The summed E-state index contributed by atoms with van der Waals surface area (Å²) in [4.78, 5) is 36.6. The topological polar surface area (TPSA) is 102 Å². The molecule has 0 saturated carbocycles. The first-order valence-electron chi connectivity index (χ1n) is 7.97. The molecule has 0 radical (unpaired) electrons. The van der Waals surface area contributed by atoms with Gasteiger partial charge in [-0.25, -0.2) is 0 Å². The van der Waals surface area contributed by atoms with E-state index in [1.165, 1.54) is 18.2 Å². The molecular weight excluding hydrogens is 338 g/mol. The normalized spacial score (nSPS) is 16.4. The molecular formula is C18H17N3O5. The lowest BCUT2D eigenvalue weighted by Crippen LogP contribution is -2.28. The monoisotopic (exact) mass is 355 g/mol. The summed E-state index contributed by atoms with van der Waals surface area (Å²) in [5.41, 5.74) is 0.889. The van der Waals surface area contributed by atoms with Crippen LogP contribution < -0.4 is 15.0 Å². The van der Waals surface area contributed by atoms with Crippen molar-refractivity contribution in [2.45, 2.75) is 6.42 Å². The van der Waals surface area contributed by atoms with Crippen LogP contribution >= 0.6 is 0 Å². The molecule has 1 heterocycles. The molecule has 1 saturated heterocycles. The number of anilines is 2. The number of hydrogen-bond acceptors (Lipinski definition) is 5. The molecule has 2 aromatic carbocycles. The number of carbonyl (C=O) groups excluding carboxylic acids is 2. The summed E-state index contributed by atoms with van der Waals surface area (Å²) >= 11 is 0. The maximum atomic E-state index is 12.5. The molecule has 8 nitrogen and oxygen atoms in total. The van der Waals surface area contributed by atoms with Gasteiger partial charge >= 0.3 is 0 Å². The predicted octanol–water partition coefficient (Wildman–Crippen LogP) is 2.60. The number of nitro groups is 1. The zero-order valence-electron chi connectivity index (χ0n) is 14.0. The first-order chi connectivity index (χ1) is 12.5. The molecule has 0 bridgehead atoms. The van der Waals surface area contributed by atoms with E-state index in [4.69, 9.17) is 4.74 Å². The number of methoxy groups -OCH3 is 1. The van der Waals surface area contributed by atoms with Gasteiger partial charge in [-0.05, 0) is 18.2 Å². The molecule has 134 valence electrons. The lowest BCUT2D eigenvalue weighted by molar-refractivity contribution is -0.384. The van der Waals surface area contributed by atoms with E-state index < -0.39 is 10.8 Å². The number of nitrogens with zero attached hydrogens (tertiary/aromatic N) is 2. The maximum Gasteiger partial charge on any atom is 0.271 e. The summed E-state index contributed by atoms with van der Waals surface area (Å²) < 4.78 is 5.16. The van der Waals surface area contributed by atoms with Crippen molar-refractivity contribution < 1.29 is 19.2 Å². The quantitative estimate of drug-likeness (QED) is 0.656. The molecule has 0 aromatic heterocycles. The fourth-order valence-corrected chi connectivity index (χ4v) is 2.85. The van der Waals surface area contributed by atoms with Crippen LogP contribution in [0.5, 0.6) is 5.75 Å². The Morgan fingerprint density at radius 1 is 1.27 bits per heavy atom. The van der Waals surface area contributed by atoms with Gasteiger partial charge in [0.25, 0.3) is 5.69 Å². The van der Waals surface area contributed by atoms with Gasteiger partial charge in [0.2, 0.25) is 11.8 Å². The van der Waals surface area contributed by atoms with Gasteiger partial charge in [-0.2, -0.15) is 0 Å². The van der Waals surface area contributed by atoms with E-state index in [1.54, 1.807) is 42.3 Å². The lowest BCUT2D eigenvalue weighted by Gasteiger charge is -2.17. The van der Waals surface area contributed by atoms with Crippen LogP contribution in [0.25, 0.3) is 0 Å². The smallest absolute Gasteiger partial charge is 0.271 e. The Labute approximate surface area is 149 Å². The predicted molar refractivity (Wildman–Crippen MR) is 95.2 cm³/mol. The van der Waals surface area contributed by atoms with Crippen LogP contribution in [0.4, 0.5) is 17.1 Å². The number of non-ortho nitro benzene ring substituents is 1. The van der Waals surface area contributed by atoms with Gasteiger partial charge in [0, 0.05) is 42.5 Å². The molecule has 1 aliphatic rings. The average molecular weight is 355 g/mol. The molecule has 2 amide bonds. The van der Waals surface area contributed by atoms with Gasteiger partial charge in [-0.3, -0.25) is 19.7 Å². The summed E-state index contributed by atoms with van der Waals surface area (Å²) in [5, 5.41) is 13.5. The van der Waals surface area contributed by atoms with Crippen molar-refractivity contribution in [2.75, 3.05) is 23.9 Å². The molecule has 3 rings (SSSR count). The molecule has 2 aromatic rings. The van der Waals surface area contributed by atoms with Gasteiger partial charge in [0.15, 0.2) is 0 Å². The third-order valence-electron chi connectivity index (χ3n) is 4.19. The van der Waals surface area contributed by atoms with Crippen molar-refractivity contribution in [1.29, 1.82) is 0 Å². The van der Waals surface area contributed by atoms with E-state index in [9.17, 15) is 19.7 Å². The number of ether oxygens (including phenoxy) is 1. The Morgan fingerprint density at radius 2 is 2.04 bits per heavy atom. The Bertz CT molecular complexity index is 867. The second-order valence-electron chi connectivity index (χ2n) is 5.90. The van der Waals surface area contributed by atoms with Gasteiger partial charge in [-0.15, -0.1) is 0 Å². The van der Waals surface area contributed by atoms with Crippen LogP contribution in [-0.4, -0.2) is 30.4 Å². The van der Waals surface area contributed by atoms with Crippen molar-refractivity contribution in [2.24, 2.45) is 5.92 Å². The van der Waals surface area contributed by atoms with Crippen LogP contribution in [-0.2, 0) is 9.59 Å². The highest BCUT2D eigenvalue weighted by atomic mass is 16.6. The Hall–Kier alpha value is -3.42. The number of nitro benzene ring substituents is 1. The number of amides is 2. The van der Waals surface area contributed by atoms with E-state index >= 15 is 0 Å². The van der Waals surface area contributed by atoms with Gasteiger partial charge in [-0.1, -0.05) is 12.1 Å². The average Bonchev–Trinajstić information content (AvgIpc) is 3.04. The number of nitrogens with one attached hydrogen (secondary N) is 1. The Morgan fingerprint density at radius 3 is 2.77 bits per heavy atom. The minimum Gasteiger partial charge on any atom is -0.497 e. The van der Waals surface area contributed by atoms with Crippen molar-refractivity contribution >= 4 is 28.9 Å². The molecule has 1 aliphatic heterocycles. The SMILES string of the molecule is COc1cccc(N2CC(C(=O)Nc3cccc([N+](=O)[O-])c3)CC2=O)c1. The minimum atomic E-state index is -0.534. The highest BCUT2D eigenvalue weighted by molar-refractivity contribution is 6.03. The van der Waals surface area contributed by atoms with Gasteiger partial charge < -0.3 is 15.0 Å². The molecule has 0 spiro atoms. The Balaban J connectivity index is 1.71. The molecule has 0 aliphatic carbocycles. The van der Waals surface area contributed by atoms with Gasteiger partial charge in [0.05, 0.1) is 18.0 Å². The summed E-state index contributed by atoms with van der Waals surface area (Å²) in [6, 6.07) is 12.8. The zero-order chi connectivity index (χ0) is 18.7. The number of rotatable bonds is 5. The number of hydrogen-bond donors (Lipinski definition) is 1. The zero-order valence-corrected chi connectivity index (χ0v) is 14.0. The third kappa shape index (κ3) is 3.64. The van der Waals surface area contributed by atoms with Crippen molar-refractivity contribution in [3.63, 3.8) is 0 Å². The first kappa shape index (κ1) is 17.4. The van der Waals surface area contributed by atoms with Gasteiger partial charge in [0.1, 0.15) is 5.75 Å². The van der Waals surface area contributed by atoms with Crippen LogP contribution in [0, 0.1) is 16.0 Å². The second kappa shape index (κ2) is 7.22. The fourth-order valence-electron chi connectivity index (χ4n) is 2.85. The molecule has 1 atom stereocenters. The summed E-state index contributed by atoms with van der Waals surface area (Å²) in [5.74, 6) is -0.408. The van der Waals surface area contributed by atoms with Crippen LogP contribution in [0.1, 0.15) is 6.42 Å². The Kier molecular flexibility index (Phi) is 4.83. The van der Waals surface area contributed by atoms with Crippen LogP contribution in [0.3, 0.4) is 0 Å². The van der Waals surface area contributed by atoms with Crippen molar-refractivity contribution in [1.82, 2.24) is 0 Å². The molecule has 8 heteroatoms. The first-order valence-corrected chi connectivity index (χ1v) is 7.97. The summed E-state index contributed by atoms with van der Waals surface area (Å²) in [7, 11) is 1.54.